The van der Waals surface area contributed by atoms with Gasteiger partial charge in [0.25, 0.3) is 0 Å². The summed E-state index contributed by atoms with van der Waals surface area (Å²) < 4.78 is 7.87. The van der Waals surface area contributed by atoms with Crippen molar-refractivity contribution in [3.8, 4) is 0 Å². The zero-order valence-electron chi connectivity index (χ0n) is 9.31. The van der Waals surface area contributed by atoms with Crippen molar-refractivity contribution in [1.82, 2.24) is 15.1 Å². The lowest BCUT2D eigenvalue weighted by Crippen LogP contribution is -2.28. The van der Waals surface area contributed by atoms with Crippen LogP contribution in [0.25, 0.3) is 10.9 Å². The highest BCUT2D eigenvalue weighted by atomic mass is 16.5. The van der Waals surface area contributed by atoms with Crippen molar-refractivity contribution >= 4 is 10.9 Å². The number of nitrogens with zero attached hydrogens (tertiary/aromatic N) is 2. The number of aromatic nitrogens is 2. The van der Waals surface area contributed by atoms with Crippen LogP contribution in [0.4, 0.5) is 0 Å². The van der Waals surface area contributed by atoms with E-state index in [4.69, 9.17) is 4.74 Å². The second-order valence-electron chi connectivity index (χ2n) is 4.04. The summed E-state index contributed by atoms with van der Waals surface area (Å²) in [6.45, 7) is 2.42. The quantitative estimate of drug-likeness (QED) is 0.824. The molecule has 1 aliphatic rings. The SMILES string of the molecule is CNCC1OCCn2nc3ccccc3c21. The van der Waals surface area contributed by atoms with E-state index in [2.05, 4.69) is 33.3 Å². The molecule has 0 bridgehead atoms. The summed E-state index contributed by atoms with van der Waals surface area (Å²) in [6, 6.07) is 8.24. The van der Waals surface area contributed by atoms with Gasteiger partial charge in [-0.25, -0.2) is 0 Å². The zero-order valence-corrected chi connectivity index (χ0v) is 9.31. The second-order valence-corrected chi connectivity index (χ2v) is 4.04. The van der Waals surface area contributed by atoms with Gasteiger partial charge in [-0.3, -0.25) is 4.68 Å². The molecule has 3 rings (SSSR count). The highest BCUT2D eigenvalue weighted by Crippen LogP contribution is 2.28. The predicted molar refractivity (Wildman–Crippen MR) is 62.4 cm³/mol. The van der Waals surface area contributed by atoms with E-state index in [-0.39, 0.29) is 6.10 Å². The van der Waals surface area contributed by atoms with Crippen molar-refractivity contribution in [2.75, 3.05) is 20.2 Å². The van der Waals surface area contributed by atoms with Crippen molar-refractivity contribution in [2.45, 2.75) is 12.6 Å². The topological polar surface area (TPSA) is 39.1 Å². The minimum Gasteiger partial charge on any atom is -0.369 e. The lowest BCUT2D eigenvalue weighted by molar-refractivity contribution is 0.0195. The number of fused-ring (bicyclic) bond motifs is 3. The number of likely N-dealkylation sites (N-methyl/N-ethyl adjacent to an activating group) is 1. The number of rotatable bonds is 2. The number of hydrogen-bond donors (Lipinski definition) is 1. The highest BCUT2D eigenvalue weighted by Gasteiger charge is 2.24. The molecule has 2 aromatic rings. The van der Waals surface area contributed by atoms with Crippen LogP contribution >= 0.6 is 0 Å². The highest BCUT2D eigenvalue weighted by molar-refractivity contribution is 5.82. The average molecular weight is 217 g/mol. The van der Waals surface area contributed by atoms with Gasteiger partial charge < -0.3 is 10.1 Å². The Morgan fingerprint density at radius 3 is 3.25 bits per heavy atom. The van der Waals surface area contributed by atoms with E-state index in [1.807, 2.05) is 13.1 Å². The van der Waals surface area contributed by atoms with Crippen molar-refractivity contribution in [3.63, 3.8) is 0 Å². The van der Waals surface area contributed by atoms with E-state index in [0.717, 1.165) is 25.2 Å². The van der Waals surface area contributed by atoms with E-state index in [9.17, 15) is 0 Å². The molecule has 0 aliphatic carbocycles. The molecule has 0 saturated heterocycles. The molecule has 0 fully saturated rings. The lowest BCUT2D eigenvalue weighted by atomic mass is 10.1. The summed E-state index contributed by atoms with van der Waals surface area (Å²) in [4.78, 5) is 0. The van der Waals surface area contributed by atoms with E-state index in [1.165, 1.54) is 11.1 Å². The fraction of sp³-hybridized carbons (Fsp3) is 0.417. The first-order valence-electron chi connectivity index (χ1n) is 5.62. The van der Waals surface area contributed by atoms with Crippen LogP contribution in [-0.2, 0) is 11.3 Å². The van der Waals surface area contributed by atoms with Crippen LogP contribution in [0.15, 0.2) is 24.3 Å². The third-order valence-corrected chi connectivity index (χ3v) is 3.00. The molecule has 1 aromatic carbocycles. The number of nitrogens with one attached hydrogen (secondary N) is 1. The van der Waals surface area contributed by atoms with Crippen LogP contribution in [0.1, 0.15) is 11.8 Å². The van der Waals surface area contributed by atoms with Crippen LogP contribution < -0.4 is 5.32 Å². The molecule has 0 saturated carbocycles. The molecule has 84 valence electrons. The average Bonchev–Trinajstić information content (AvgIpc) is 2.68. The molecule has 4 nitrogen and oxygen atoms in total. The molecule has 0 amide bonds. The molecule has 1 unspecified atom stereocenters. The molecule has 2 heterocycles. The van der Waals surface area contributed by atoms with E-state index >= 15 is 0 Å². The Morgan fingerprint density at radius 2 is 2.38 bits per heavy atom. The Labute approximate surface area is 94.2 Å². The van der Waals surface area contributed by atoms with Gasteiger partial charge in [-0.1, -0.05) is 18.2 Å². The smallest absolute Gasteiger partial charge is 0.112 e. The van der Waals surface area contributed by atoms with Gasteiger partial charge in [0, 0.05) is 11.9 Å². The summed E-state index contributed by atoms with van der Waals surface area (Å²) >= 11 is 0. The molecule has 0 spiro atoms. The molecule has 4 heteroatoms. The molecular formula is C12H15N3O. The maximum atomic E-state index is 5.79. The Bertz CT molecular complexity index is 506. The van der Waals surface area contributed by atoms with Crippen LogP contribution in [0.2, 0.25) is 0 Å². The third-order valence-electron chi connectivity index (χ3n) is 3.00. The van der Waals surface area contributed by atoms with E-state index < -0.39 is 0 Å². The number of hydrogen-bond acceptors (Lipinski definition) is 3. The zero-order chi connectivity index (χ0) is 11.0. The summed E-state index contributed by atoms with van der Waals surface area (Å²) in [5.41, 5.74) is 2.26. The minimum atomic E-state index is 0.117. The fourth-order valence-corrected chi connectivity index (χ4v) is 2.31. The van der Waals surface area contributed by atoms with Gasteiger partial charge in [-0.15, -0.1) is 0 Å². The van der Waals surface area contributed by atoms with Crippen LogP contribution in [0.3, 0.4) is 0 Å². The third kappa shape index (κ3) is 1.42. The Balaban J connectivity index is 2.16. The molecular weight excluding hydrogens is 202 g/mol. The van der Waals surface area contributed by atoms with Gasteiger partial charge in [0.15, 0.2) is 0 Å². The second kappa shape index (κ2) is 3.88. The number of benzene rings is 1. The van der Waals surface area contributed by atoms with Crippen LogP contribution in [0.5, 0.6) is 0 Å². The van der Waals surface area contributed by atoms with Gasteiger partial charge in [0.05, 0.1) is 24.4 Å². The Kier molecular flexibility index (Phi) is 2.38. The van der Waals surface area contributed by atoms with Crippen molar-refractivity contribution in [2.24, 2.45) is 0 Å². The lowest BCUT2D eigenvalue weighted by Gasteiger charge is -2.24. The van der Waals surface area contributed by atoms with Gasteiger partial charge in [-0.05, 0) is 13.1 Å². The van der Waals surface area contributed by atoms with E-state index in [1.54, 1.807) is 0 Å². The first-order valence-corrected chi connectivity index (χ1v) is 5.62. The molecule has 1 aliphatic heterocycles. The minimum absolute atomic E-state index is 0.117. The molecule has 0 radical (unpaired) electrons. The standard InChI is InChI=1S/C12H15N3O/c1-13-8-11-12-9-4-2-3-5-10(9)14-15(12)6-7-16-11/h2-5,11,13H,6-8H2,1H3. The van der Waals surface area contributed by atoms with Gasteiger partial charge in [0.2, 0.25) is 0 Å². The van der Waals surface area contributed by atoms with Gasteiger partial charge in [-0.2, -0.15) is 5.10 Å². The van der Waals surface area contributed by atoms with Crippen molar-refractivity contribution in [1.29, 1.82) is 0 Å². The normalized spacial score (nSPS) is 19.9. The monoisotopic (exact) mass is 217 g/mol. The largest absolute Gasteiger partial charge is 0.369 e. The maximum Gasteiger partial charge on any atom is 0.112 e. The predicted octanol–water partition coefficient (Wildman–Crippen LogP) is 1.33. The first-order chi connectivity index (χ1) is 7.90. The first kappa shape index (κ1) is 9.81. The fourth-order valence-electron chi connectivity index (χ4n) is 2.31. The molecule has 1 N–H and O–H groups in total. The number of ether oxygens (including phenoxy) is 1. The van der Waals surface area contributed by atoms with Gasteiger partial charge in [0.1, 0.15) is 6.10 Å². The van der Waals surface area contributed by atoms with Crippen LogP contribution in [0, 0.1) is 0 Å². The summed E-state index contributed by atoms with van der Waals surface area (Å²) in [6.07, 6.45) is 0.117. The van der Waals surface area contributed by atoms with Crippen molar-refractivity contribution < 1.29 is 4.74 Å². The summed E-state index contributed by atoms with van der Waals surface area (Å²) in [5.74, 6) is 0. The molecule has 1 aromatic heterocycles. The Hall–Kier alpha value is -1.39. The molecule has 16 heavy (non-hydrogen) atoms. The van der Waals surface area contributed by atoms with Crippen molar-refractivity contribution in [3.05, 3.63) is 30.0 Å². The van der Waals surface area contributed by atoms with Crippen LogP contribution in [-0.4, -0.2) is 30.0 Å². The summed E-state index contributed by atoms with van der Waals surface area (Å²) in [7, 11) is 1.95. The summed E-state index contributed by atoms with van der Waals surface area (Å²) in [5, 5.41) is 8.97. The molecule has 1 atom stereocenters. The Morgan fingerprint density at radius 1 is 1.50 bits per heavy atom. The van der Waals surface area contributed by atoms with Gasteiger partial charge >= 0.3 is 0 Å². The van der Waals surface area contributed by atoms with E-state index in [0.29, 0.717) is 0 Å². The maximum absolute atomic E-state index is 5.79.